The number of hydrogen-bond acceptors (Lipinski definition) is 5. The molecular weight excluding hydrogens is 272 g/mol. The summed E-state index contributed by atoms with van der Waals surface area (Å²) in [7, 11) is 0. The summed E-state index contributed by atoms with van der Waals surface area (Å²) in [6.45, 7) is 2.31. The first-order valence-electron chi connectivity index (χ1n) is 7.49. The van der Waals surface area contributed by atoms with Crippen molar-refractivity contribution in [1.29, 1.82) is 0 Å². The Morgan fingerprint density at radius 2 is 2.05 bits per heavy atom. The van der Waals surface area contributed by atoms with E-state index in [1.165, 1.54) is 0 Å². The SMILES string of the molecule is Cc1noc(CCN2CC(=O)NC3(CCCCC3)C2=O)n1. The van der Waals surface area contributed by atoms with Gasteiger partial charge < -0.3 is 14.7 Å². The maximum atomic E-state index is 12.7. The number of nitrogens with zero attached hydrogens (tertiary/aromatic N) is 3. The van der Waals surface area contributed by atoms with E-state index in [1.54, 1.807) is 11.8 Å². The van der Waals surface area contributed by atoms with Crippen LogP contribution in [0.1, 0.15) is 43.8 Å². The quantitative estimate of drug-likeness (QED) is 0.880. The van der Waals surface area contributed by atoms with Crippen LogP contribution in [0.3, 0.4) is 0 Å². The number of carbonyl (C=O) groups is 2. The fraction of sp³-hybridized carbons (Fsp3) is 0.714. The third-order valence-electron chi connectivity index (χ3n) is 4.28. The van der Waals surface area contributed by atoms with Crippen molar-refractivity contribution in [2.75, 3.05) is 13.1 Å². The van der Waals surface area contributed by atoms with Gasteiger partial charge in [-0.1, -0.05) is 24.4 Å². The molecule has 2 aliphatic rings. The standard InChI is InChI=1S/C14H20N4O3/c1-10-15-12(21-17-10)5-8-18-9-11(19)16-14(13(18)20)6-3-2-4-7-14/h2-9H2,1H3,(H,16,19). The van der Waals surface area contributed by atoms with Crippen molar-refractivity contribution >= 4 is 11.8 Å². The van der Waals surface area contributed by atoms with Gasteiger partial charge in [-0.05, 0) is 19.8 Å². The smallest absolute Gasteiger partial charge is 0.248 e. The zero-order valence-electron chi connectivity index (χ0n) is 12.2. The van der Waals surface area contributed by atoms with Gasteiger partial charge in [0.15, 0.2) is 5.82 Å². The molecule has 1 saturated carbocycles. The van der Waals surface area contributed by atoms with Crippen molar-refractivity contribution in [3.8, 4) is 0 Å². The van der Waals surface area contributed by atoms with Crippen LogP contribution in [0.2, 0.25) is 0 Å². The lowest BCUT2D eigenvalue weighted by Gasteiger charge is -2.44. The van der Waals surface area contributed by atoms with Crippen LogP contribution in [0, 0.1) is 6.92 Å². The maximum Gasteiger partial charge on any atom is 0.248 e. The summed E-state index contributed by atoms with van der Waals surface area (Å²) >= 11 is 0. The molecule has 2 amide bonds. The van der Waals surface area contributed by atoms with E-state index < -0.39 is 5.54 Å². The van der Waals surface area contributed by atoms with E-state index >= 15 is 0 Å². The minimum absolute atomic E-state index is 0.0398. The molecule has 114 valence electrons. The molecule has 7 heteroatoms. The summed E-state index contributed by atoms with van der Waals surface area (Å²) in [6, 6.07) is 0. The molecule has 1 aromatic rings. The van der Waals surface area contributed by atoms with Crippen LogP contribution in [-0.4, -0.2) is 45.5 Å². The van der Waals surface area contributed by atoms with Gasteiger partial charge in [0, 0.05) is 13.0 Å². The van der Waals surface area contributed by atoms with Crippen molar-refractivity contribution in [2.45, 2.75) is 51.0 Å². The molecule has 0 aromatic carbocycles. The van der Waals surface area contributed by atoms with Gasteiger partial charge in [-0.15, -0.1) is 0 Å². The molecule has 7 nitrogen and oxygen atoms in total. The molecule has 21 heavy (non-hydrogen) atoms. The predicted octanol–water partition coefficient (Wildman–Crippen LogP) is 0.582. The molecule has 0 atom stereocenters. The third kappa shape index (κ3) is 2.77. The summed E-state index contributed by atoms with van der Waals surface area (Å²) in [4.78, 5) is 30.4. The summed E-state index contributed by atoms with van der Waals surface area (Å²) in [5.41, 5.74) is -0.668. The third-order valence-corrected chi connectivity index (χ3v) is 4.28. The number of piperazine rings is 1. The van der Waals surface area contributed by atoms with Crippen molar-refractivity contribution < 1.29 is 14.1 Å². The van der Waals surface area contributed by atoms with Crippen LogP contribution in [0.4, 0.5) is 0 Å². The van der Waals surface area contributed by atoms with Gasteiger partial charge in [0.1, 0.15) is 5.54 Å². The fourth-order valence-corrected chi connectivity index (χ4v) is 3.25. The number of carbonyl (C=O) groups excluding carboxylic acids is 2. The van der Waals surface area contributed by atoms with E-state index in [9.17, 15) is 9.59 Å². The van der Waals surface area contributed by atoms with Crippen molar-refractivity contribution in [3.05, 3.63) is 11.7 Å². The molecule has 1 aliphatic carbocycles. The number of rotatable bonds is 3. The average molecular weight is 292 g/mol. The molecule has 0 bridgehead atoms. The van der Waals surface area contributed by atoms with E-state index in [2.05, 4.69) is 15.5 Å². The number of amides is 2. The van der Waals surface area contributed by atoms with Gasteiger partial charge in [0.05, 0.1) is 6.54 Å². The van der Waals surface area contributed by atoms with Gasteiger partial charge in [-0.2, -0.15) is 4.98 Å². The van der Waals surface area contributed by atoms with Gasteiger partial charge in [-0.25, -0.2) is 0 Å². The van der Waals surface area contributed by atoms with E-state index in [0.29, 0.717) is 24.7 Å². The predicted molar refractivity (Wildman–Crippen MR) is 73.3 cm³/mol. The minimum Gasteiger partial charge on any atom is -0.340 e. The average Bonchev–Trinajstić information content (AvgIpc) is 2.88. The van der Waals surface area contributed by atoms with Crippen molar-refractivity contribution in [1.82, 2.24) is 20.4 Å². The molecule has 2 heterocycles. The van der Waals surface area contributed by atoms with Gasteiger partial charge in [0.25, 0.3) is 0 Å². The number of hydrogen-bond donors (Lipinski definition) is 1. The first kappa shape index (κ1) is 14.0. The highest BCUT2D eigenvalue weighted by atomic mass is 16.5. The summed E-state index contributed by atoms with van der Waals surface area (Å²) in [5, 5.41) is 6.66. The van der Waals surface area contributed by atoms with Crippen LogP contribution in [0.15, 0.2) is 4.52 Å². The second-order valence-electron chi connectivity index (χ2n) is 5.90. The topological polar surface area (TPSA) is 88.3 Å². The molecule has 1 saturated heterocycles. The zero-order chi connectivity index (χ0) is 14.9. The molecule has 2 fully saturated rings. The molecule has 1 aliphatic heterocycles. The Morgan fingerprint density at radius 1 is 1.29 bits per heavy atom. The molecule has 1 aromatic heterocycles. The highest BCUT2D eigenvalue weighted by molar-refractivity contribution is 5.98. The largest absolute Gasteiger partial charge is 0.340 e. The van der Waals surface area contributed by atoms with Gasteiger partial charge in [0.2, 0.25) is 17.7 Å². The Kier molecular flexibility index (Phi) is 3.65. The molecule has 3 rings (SSSR count). The van der Waals surface area contributed by atoms with Crippen LogP contribution in [0.25, 0.3) is 0 Å². The highest BCUT2D eigenvalue weighted by Gasteiger charge is 2.46. The fourth-order valence-electron chi connectivity index (χ4n) is 3.25. The lowest BCUT2D eigenvalue weighted by Crippen LogP contribution is -2.67. The van der Waals surface area contributed by atoms with Gasteiger partial charge >= 0.3 is 0 Å². The van der Waals surface area contributed by atoms with Crippen molar-refractivity contribution in [2.24, 2.45) is 0 Å². The van der Waals surface area contributed by atoms with Gasteiger partial charge in [-0.3, -0.25) is 9.59 Å². The number of aryl methyl sites for hydroxylation is 1. The number of nitrogens with one attached hydrogen (secondary N) is 1. The molecule has 1 spiro atoms. The molecule has 1 N–H and O–H groups in total. The zero-order valence-corrected chi connectivity index (χ0v) is 12.2. The van der Waals surface area contributed by atoms with Crippen LogP contribution in [-0.2, 0) is 16.0 Å². The second-order valence-corrected chi connectivity index (χ2v) is 5.90. The normalized spacial score (nSPS) is 21.7. The van der Waals surface area contributed by atoms with E-state index in [4.69, 9.17) is 4.52 Å². The lowest BCUT2D eigenvalue weighted by atomic mass is 9.79. The molecule has 0 unspecified atom stereocenters. The van der Waals surface area contributed by atoms with E-state index in [-0.39, 0.29) is 18.4 Å². The number of aromatic nitrogens is 2. The summed E-state index contributed by atoms with van der Waals surface area (Å²) in [5.74, 6) is 1.05. The van der Waals surface area contributed by atoms with E-state index in [0.717, 1.165) is 32.1 Å². The summed E-state index contributed by atoms with van der Waals surface area (Å²) in [6.07, 6.45) is 5.08. The Balaban J connectivity index is 1.69. The summed E-state index contributed by atoms with van der Waals surface area (Å²) < 4.78 is 5.05. The minimum atomic E-state index is -0.668. The highest BCUT2D eigenvalue weighted by Crippen LogP contribution is 2.31. The first-order chi connectivity index (χ1) is 10.1. The van der Waals surface area contributed by atoms with Crippen LogP contribution < -0.4 is 5.32 Å². The van der Waals surface area contributed by atoms with Crippen LogP contribution >= 0.6 is 0 Å². The maximum absolute atomic E-state index is 12.7. The molecule has 0 radical (unpaired) electrons. The first-order valence-corrected chi connectivity index (χ1v) is 7.49. The monoisotopic (exact) mass is 292 g/mol. The van der Waals surface area contributed by atoms with E-state index in [1.807, 2.05) is 0 Å². The van der Waals surface area contributed by atoms with Crippen molar-refractivity contribution in [3.63, 3.8) is 0 Å². The Hall–Kier alpha value is -1.92. The lowest BCUT2D eigenvalue weighted by molar-refractivity contribution is -0.151. The van der Waals surface area contributed by atoms with Crippen LogP contribution in [0.5, 0.6) is 0 Å². The molecular formula is C14H20N4O3. The second kappa shape index (κ2) is 5.46. The Morgan fingerprint density at radius 3 is 2.71 bits per heavy atom. The Bertz CT molecular complexity index is 548. The Labute approximate surface area is 123 Å².